The number of hydrogen-bond donors (Lipinski definition) is 1. The topological polar surface area (TPSA) is 41.6 Å². The Morgan fingerprint density at radius 2 is 2.31 bits per heavy atom. The predicted molar refractivity (Wildman–Crippen MR) is 67.8 cm³/mol. The molecule has 78 valence electrons. The van der Waals surface area contributed by atoms with Crippen molar-refractivity contribution in [1.29, 1.82) is 0 Å². The Morgan fingerprint density at radius 3 is 2.77 bits per heavy atom. The molecule has 0 saturated carbocycles. The lowest BCUT2D eigenvalue weighted by Crippen LogP contribution is -2.24. The second-order valence-corrected chi connectivity index (χ2v) is 3.72. The van der Waals surface area contributed by atoms with Gasteiger partial charge in [0.25, 0.3) is 0 Å². The molecule has 0 aliphatic carbocycles. The number of halogens is 1. The smallest absolute Gasteiger partial charge is 0.0906 e. The molecule has 0 aromatic heterocycles. The van der Waals surface area contributed by atoms with Crippen molar-refractivity contribution in [1.82, 2.24) is 4.90 Å². The van der Waals surface area contributed by atoms with Crippen LogP contribution in [0.4, 0.5) is 0 Å². The molecule has 4 heteroatoms. The summed E-state index contributed by atoms with van der Waals surface area (Å²) < 4.78 is 0. The Kier molecular flexibility index (Phi) is 6.67. The lowest BCUT2D eigenvalue weighted by atomic mass is 10.2. The zero-order valence-corrected chi connectivity index (χ0v) is 10.8. The van der Waals surface area contributed by atoms with Crippen molar-refractivity contribution in [2.24, 2.45) is 16.6 Å². The van der Waals surface area contributed by atoms with Gasteiger partial charge in [-0.25, -0.2) is 0 Å². The minimum absolute atomic E-state index is 0. The zero-order valence-electron chi connectivity index (χ0n) is 8.49. The molecular weight excluding hydrogens is 277 g/mol. The molecule has 1 rings (SSSR count). The van der Waals surface area contributed by atoms with Gasteiger partial charge in [0.1, 0.15) is 0 Å². The third-order valence-corrected chi connectivity index (χ3v) is 2.29. The molecule has 0 aromatic carbocycles. The monoisotopic (exact) mass is 297 g/mol. The quantitative estimate of drug-likeness (QED) is 0.485. The first-order valence-electron chi connectivity index (χ1n) is 4.67. The summed E-state index contributed by atoms with van der Waals surface area (Å²) >= 11 is 0. The van der Waals surface area contributed by atoms with Crippen LogP contribution >= 0.6 is 24.0 Å². The van der Waals surface area contributed by atoms with E-state index in [1.54, 1.807) is 0 Å². The number of aliphatic imine (C=N–C) groups is 1. The molecule has 1 aliphatic rings. The van der Waals surface area contributed by atoms with E-state index in [9.17, 15) is 0 Å². The Bertz CT molecular complexity index is 166. The predicted octanol–water partition coefficient (Wildman–Crippen LogP) is 1.32. The highest BCUT2D eigenvalue weighted by molar-refractivity contribution is 14.0. The van der Waals surface area contributed by atoms with Gasteiger partial charge in [0.05, 0.1) is 12.4 Å². The highest BCUT2D eigenvalue weighted by Crippen LogP contribution is 2.13. The van der Waals surface area contributed by atoms with Crippen LogP contribution in [0.15, 0.2) is 4.99 Å². The minimum Gasteiger partial charge on any atom is -0.388 e. The van der Waals surface area contributed by atoms with Crippen LogP contribution in [0.5, 0.6) is 0 Å². The van der Waals surface area contributed by atoms with Gasteiger partial charge in [-0.1, -0.05) is 6.92 Å². The Morgan fingerprint density at radius 1 is 1.62 bits per heavy atom. The summed E-state index contributed by atoms with van der Waals surface area (Å²) in [6.07, 6.45) is 1.34. The normalized spacial score (nSPS) is 24.5. The lowest BCUT2D eigenvalue weighted by Gasteiger charge is -2.12. The van der Waals surface area contributed by atoms with E-state index in [0.29, 0.717) is 5.84 Å². The lowest BCUT2D eigenvalue weighted by molar-refractivity contribution is 0.337. The highest BCUT2D eigenvalue weighted by Gasteiger charge is 2.17. The van der Waals surface area contributed by atoms with E-state index in [4.69, 9.17) is 5.73 Å². The summed E-state index contributed by atoms with van der Waals surface area (Å²) in [6.45, 7) is 8.54. The maximum atomic E-state index is 5.44. The second kappa shape index (κ2) is 6.59. The number of likely N-dealkylation sites (tertiary alicyclic amines) is 1. The van der Waals surface area contributed by atoms with Crippen molar-refractivity contribution in [2.45, 2.75) is 20.3 Å². The van der Waals surface area contributed by atoms with Crippen molar-refractivity contribution >= 4 is 29.8 Å². The Balaban J connectivity index is 0.00000144. The van der Waals surface area contributed by atoms with Crippen LogP contribution < -0.4 is 5.73 Å². The third kappa shape index (κ3) is 5.46. The fourth-order valence-electron chi connectivity index (χ4n) is 1.60. The van der Waals surface area contributed by atoms with E-state index in [2.05, 4.69) is 16.8 Å². The minimum atomic E-state index is 0. The van der Waals surface area contributed by atoms with Crippen LogP contribution in [-0.4, -0.2) is 36.9 Å². The second-order valence-electron chi connectivity index (χ2n) is 3.72. The first kappa shape index (κ1) is 13.2. The van der Waals surface area contributed by atoms with E-state index in [0.717, 1.165) is 19.0 Å². The summed E-state index contributed by atoms with van der Waals surface area (Å²) in [7, 11) is 0. The van der Waals surface area contributed by atoms with Crippen molar-refractivity contribution in [3.8, 4) is 0 Å². The molecular formula is C9H20IN3. The van der Waals surface area contributed by atoms with Crippen molar-refractivity contribution in [2.75, 3.05) is 26.2 Å². The van der Waals surface area contributed by atoms with Crippen LogP contribution in [-0.2, 0) is 0 Å². The molecule has 2 N–H and O–H groups in total. The van der Waals surface area contributed by atoms with Gasteiger partial charge in [-0.2, -0.15) is 0 Å². The maximum Gasteiger partial charge on any atom is 0.0906 e. The van der Waals surface area contributed by atoms with Crippen LogP contribution in [0.2, 0.25) is 0 Å². The average Bonchev–Trinajstić information content (AvgIpc) is 2.35. The number of hydrogen-bond acceptors (Lipinski definition) is 2. The highest BCUT2D eigenvalue weighted by atomic mass is 127. The first-order chi connectivity index (χ1) is 5.68. The van der Waals surface area contributed by atoms with Gasteiger partial charge < -0.3 is 10.6 Å². The standard InChI is InChI=1S/C9H19N3.HI/c1-8-3-5-12(7-8)6-4-11-9(2)10;/h8H,3-7H2,1-2H3,(H2,10,11);1H. The molecule has 1 fully saturated rings. The summed E-state index contributed by atoms with van der Waals surface area (Å²) in [5, 5.41) is 0. The first-order valence-corrected chi connectivity index (χ1v) is 4.67. The van der Waals surface area contributed by atoms with E-state index in [-0.39, 0.29) is 24.0 Å². The van der Waals surface area contributed by atoms with Crippen molar-refractivity contribution < 1.29 is 0 Å². The molecule has 0 radical (unpaired) electrons. The number of rotatable bonds is 3. The van der Waals surface area contributed by atoms with Crippen molar-refractivity contribution in [3.63, 3.8) is 0 Å². The largest absolute Gasteiger partial charge is 0.388 e. The summed E-state index contributed by atoms with van der Waals surface area (Å²) in [5.74, 6) is 1.56. The van der Waals surface area contributed by atoms with Gasteiger partial charge in [-0.15, -0.1) is 24.0 Å². The van der Waals surface area contributed by atoms with Gasteiger partial charge in [0.2, 0.25) is 0 Å². The van der Waals surface area contributed by atoms with Gasteiger partial charge in [0, 0.05) is 13.1 Å². The number of amidine groups is 1. The van der Waals surface area contributed by atoms with Gasteiger partial charge in [-0.3, -0.25) is 4.99 Å². The average molecular weight is 297 g/mol. The van der Waals surface area contributed by atoms with Gasteiger partial charge in [0.15, 0.2) is 0 Å². The zero-order chi connectivity index (χ0) is 8.97. The third-order valence-electron chi connectivity index (χ3n) is 2.29. The molecule has 1 unspecified atom stereocenters. The van der Waals surface area contributed by atoms with E-state index < -0.39 is 0 Å². The molecule has 0 amide bonds. The molecule has 1 atom stereocenters. The number of nitrogens with two attached hydrogens (primary N) is 1. The molecule has 1 saturated heterocycles. The molecule has 0 bridgehead atoms. The SMILES string of the molecule is CC(N)=NCCN1CCC(C)C1.I. The fraction of sp³-hybridized carbons (Fsp3) is 0.889. The Labute approximate surface area is 97.8 Å². The van der Waals surface area contributed by atoms with Crippen LogP contribution in [0.3, 0.4) is 0 Å². The fourth-order valence-corrected chi connectivity index (χ4v) is 1.60. The van der Waals surface area contributed by atoms with Crippen molar-refractivity contribution in [3.05, 3.63) is 0 Å². The van der Waals surface area contributed by atoms with Crippen LogP contribution in [0, 0.1) is 5.92 Å². The van der Waals surface area contributed by atoms with Gasteiger partial charge in [-0.05, 0) is 25.8 Å². The molecule has 0 aromatic rings. The van der Waals surface area contributed by atoms with E-state index in [1.165, 1.54) is 19.5 Å². The molecule has 1 aliphatic heterocycles. The number of nitrogens with zero attached hydrogens (tertiary/aromatic N) is 2. The molecule has 0 spiro atoms. The van der Waals surface area contributed by atoms with Crippen LogP contribution in [0.25, 0.3) is 0 Å². The van der Waals surface area contributed by atoms with Gasteiger partial charge >= 0.3 is 0 Å². The summed E-state index contributed by atoms with van der Waals surface area (Å²) in [6, 6.07) is 0. The van der Waals surface area contributed by atoms with E-state index in [1.807, 2.05) is 6.92 Å². The van der Waals surface area contributed by atoms with Crippen LogP contribution in [0.1, 0.15) is 20.3 Å². The van der Waals surface area contributed by atoms with E-state index >= 15 is 0 Å². The maximum absolute atomic E-state index is 5.44. The summed E-state index contributed by atoms with van der Waals surface area (Å²) in [5.41, 5.74) is 5.44. The molecule has 13 heavy (non-hydrogen) atoms. The molecule has 1 heterocycles. The summed E-state index contributed by atoms with van der Waals surface area (Å²) in [4.78, 5) is 6.62. The molecule has 3 nitrogen and oxygen atoms in total. The Hall–Kier alpha value is 0.160.